The first-order valence-electron chi connectivity index (χ1n) is 26.1. The number of nitrogens with one attached hydrogen (secondary N) is 3. The molecule has 0 bridgehead atoms. The van der Waals surface area contributed by atoms with E-state index in [-0.39, 0.29) is 54.5 Å². The number of ether oxygens (including phenoxy) is 1. The molecule has 3 heterocycles. The fourth-order valence-electron chi connectivity index (χ4n) is 9.95. The second-order valence-electron chi connectivity index (χ2n) is 19.7. The average molecular weight is 1210 g/mol. The smallest absolute Gasteiger partial charge is 0.394 e. The van der Waals surface area contributed by atoms with Gasteiger partial charge in [0.1, 0.15) is 25.0 Å². The molecule has 0 aliphatic carbocycles. The molecule has 2 amide bonds. The highest BCUT2D eigenvalue weighted by atomic mass is 32.2. The van der Waals surface area contributed by atoms with E-state index in [0.29, 0.717) is 56.6 Å². The molecular formula is C52H73N6O19P2S2+. The molecule has 1 aromatic heterocycles. The van der Waals surface area contributed by atoms with E-state index < -0.39 is 95.8 Å². The molecule has 2 aromatic carbocycles. The van der Waals surface area contributed by atoms with E-state index in [1.54, 1.807) is 6.07 Å². The molecule has 81 heavy (non-hydrogen) atoms. The number of carbonyl (C=O) groups excluding carboxylic acids is 2. The Kier molecular flexibility index (Phi) is 23.9. The molecule has 0 radical (unpaired) electrons. The van der Waals surface area contributed by atoms with E-state index in [0.717, 1.165) is 33.4 Å². The topological polar surface area (TPSA) is 371 Å². The van der Waals surface area contributed by atoms with Crippen LogP contribution in [0.25, 0.3) is 6.08 Å². The minimum atomic E-state index is -5.05. The van der Waals surface area contributed by atoms with Crippen LogP contribution in [-0.2, 0) is 63.4 Å². The zero-order valence-corrected chi connectivity index (χ0v) is 49.1. The van der Waals surface area contributed by atoms with Crippen molar-refractivity contribution < 1.29 is 82.8 Å². The Bertz CT molecular complexity index is 3340. The van der Waals surface area contributed by atoms with E-state index in [1.165, 1.54) is 31.2 Å². The van der Waals surface area contributed by atoms with Crippen molar-refractivity contribution in [1.82, 2.24) is 20.2 Å². The van der Waals surface area contributed by atoms with Gasteiger partial charge in [-0.25, -0.2) is 13.7 Å². The first-order chi connectivity index (χ1) is 38.1. The van der Waals surface area contributed by atoms with Gasteiger partial charge in [-0.3, -0.25) is 42.1 Å². The van der Waals surface area contributed by atoms with Gasteiger partial charge in [0, 0.05) is 73.2 Å². The molecule has 3 aromatic rings. The van der Waals surface area contributed by atoms with Crippen LogP contribution in [0, 0.1) is 0 Å². The number of likely N-dealkylation sites (N-methyl/N-ethyl adjacent to an activating group) is 1. The number of benzene rings is 2. The SMILES string of the molecule is CCN1/C(=C/C=C/C=C/C2=[N+](CC)c3ccc(S(=O)(=O)O)cc3C2(C)CCCS(=O)(=O)O)C(C)(CCC(=O)NCCCCCC(=O)NC/C=C/c2cn(C(C)OC(COP(=O)(O)O[PH](=O)O)C(O)CO)c(=O)[nH]c2=O)c2ccccc21. The molecule has 25 nitrogen and oxygen atoms in total. The molecular weight excluding hydrogens is 1140 g/mol. The Hall–Kier alpha value is -5.51. The van der Waals surface area contributed by atoms with Crippen LogP contribution in [0.4, 0.5) is 11.4 Å². The third-order valence-corrected chi connectivity index (χ3v) is 17.7. The van der Waals surface area contributed by atoms with Crippen LogP contribution in [-0.4, -0.2) is 135 Å². The molecule has 7 atom stereocenters. The number of aromatic nitrogens is 2. The van der Waals surface area contributed by atoms with Crippen LogP contribution in [0.5, 0.6) is 0 Å². The van der Waals surface area contributed by atoms with Crippen molar-refractivity contribution in [2.45, 2.75) is 120 Å². The standard InChI is InChI=1S/C52H72N6O19P2S2/c1-6-56-41-20-14-13-19-39(41)52(5,46(56)22-11-8-10-21-45-51(4,27-17-31-80(69,70)71)40-32-38(81(72,73)74)24-25-42(40)57(45)7-2)28-26-48(62)53-29-15-9-12-23-47(61)54-30-16-18-37-33-58(50(64)55-49(37)63)36(3)76-44(43(60)34-59)35-75-79(67,68)77-78(65)66/h8,10-11,13-14,16,18-22,24-25,32-33,36,43-44,59-60,78H,6-7,9,12,15,17,23,26-31,34-35H2,1-5H3,(H6-,53,54,55,61,62,63,64,65,66,67,68,69,70,71,72,73,74)/p+1/b18-16+. The number of phosphoric acid groups is 1. The van der Waals surface area contributed by atoms with Crippen molar-refractivity contribution in [3.05, 3.63) is 128 Å². The molecule has 0 saturated heterocycles. The normalized spacial score (nSPS) is 20.2. The summed E-state index contributed by atoms with van der Waals surface area (Å²) in [7, 11) is -17.7. The lowest BCUT2D eigenvalue weighted by atomic mass is 9.76. The lowest BCUT2D eigenvalue weighted by Gasteiger charge is -2.29. The van der Waals surface area contributed by atoms with Crippen LogP contribution in [0.2, 0.25) is 0 Å². The molecule has 446 valence electrons. The quantitative estimate of drug-likeness (QED) is 0.0135. The van der Waals surface area contributed by atoms with E-state index in [2.05, 4.69) is 55.3 Å². The molecule has 5 rings (SSSR count). The number of allylic oxidation sites excluding steroid dienone is 6. The summed E-state index contributed by atoms with van der Waals surface area (Å²) in [5, 5.41) is 25.3. The Labute approximate surface area is 470 Å². The molecule has 0 fully saturated rings. The number of anilines is 1. The van der Waals surface area contributed by atoms with Gasteiger partial charge in [0.15, 0.2) is 5.71 Å². The highest BCUT2D eigenvalue weighted by Crippen LogP contribution is 2.52. The summed E-state index contributed by atoms with van der Waals surface area (Å²) in [4.78, 5) is 73.5. The fourth-order valence-corrected chi connectivity index (χ4v) is 12.3. The first-order valence-corrected chi connectivity index (χ1v) is 31.9. The third kappa shape index (κ3) is 18.0. The Morgan fingerprint density at radius 3 is 2.31 bits per heavy atom. The van der Waals surface area contributed by atoms with Gasteiger partial charge in [0.25, 0.3) is 25.8 Å². The fraction of sp³-hybridized carbons (Fsp3) is 0.481. The number of phosphoric ester groups is 1. The number of aromatic amines is 1. The van der Waals surface area contributed by atoms with Crippen LogP contribution in [0.1, 0.15) is 109 Å². The van der Waals surface area contributed by atoms with E-state index in [9.17, 15) is 69.4 Å². The number of nitrogens with zero attached hydrogens (tertiary/aromatic N) is 3. The highest BCUT2D eigenvalue weighted by Gasteiger charge is 2.48. The average Bonchev–Trinajstić information content (AvgIpc) is 4.07. The molecule has 7 unspecified atom stereocenters. The molecule has 0 spiro atoms. The molecule has 0 saturated carbocycles. The van der Waals surface area contributed by atoms with Gasteiger partial charge in [-0.05, 0) is 96.6 Å². The maximum atomic E-state index is 13.3. The maximum absolute atomic E-state index is 13.3. The molecule has 9 N–H and O–H groups in total. The van der Waals surface area contributed by atoms with E-state index >= 15 is 0 Å². The van der Waals surface area contributed by atoms with Gasteiger partial charge in [-0.2, -0.15) is 21.4 Å². The monoisotopic (exact) mass is 1210 g/mol. The van der Waals surface area contributed by atoms with Gasteiger partial charge in [-0.1, -0.05) is 55.0 Å². The summed E-state index contributed by atoms with van der Waals surface area (Å²) < 4.78 is 107. The Balaban J connectivity index is 1.13. The summed E-state index contributed by atoms with van der Waals surface area (Å²) in [5.74, 6) is -0.869. The summed E-state index contributed by atoms with van der Waals surface area (Å²) in [6, 6.07) is 12.4. The minimum Gasteiger partial charge on any atom is -0.394 e. The van der Waals surface area contributed by atoms with Gasteiger partial charge in [0.05, 0.1) is 34.8 Å². The number of hydrogen-bond donors (Lipinski definition) is 9. The van der Waals surface area contributed by atoms with Crippen LogP contribution >= 0.6 is 16.1 Å². The number of rotatable bonds is 32. The zero-order chi connectivity index (χ0) is 59.9. The Morgan fingerprint density at radius 2 is 1.64 bits per heavy atom. The third-order valence-electron chi connectivity index (χ3n) is 14.0. The summed E-state index contributed by atoms with van der Waals surface area (Å²) in [6.45, 7) is 9.08. The predicted octanol–water partition coefficient (Wildman–Crippen LogP) is 4.68. The predicted molar refractivity (Wildman–Crippen MR) is 303 cm³/mol. The minimum absolute atomic E-state index is 0.0274. The largest absolute Gasteiger partial charge is 0.479 e. The zero-order valence-electron chi connectivity index (χ0n) is 45.6. The number of amides is 2. The number of hydrogen-bond acceptors (Lipinski definition) is 16. The van der Waals surface area contributed by atoms with E-state index in [4.69, 9.17) is 9.63 Å². The maximum Gasteiger partial charge on any atom is 0.479 e. The number of fused-ring (bicyclic) bond motifs is 2. The van der Waals surface area contributed by atoms with Crippen molar-refractivity contribution in [2.75, 3.05) is 50.0 Å². The number of aliphatic hydroxyl groups excluding tert-OH is 2. The summed E-state index contributed by atoms with van der Waals surface area (Å²) in [5.41, 5.74) is 2.05. The van der Waals surface area contributed by atoms with E-state index in [1.807, 2.05) is 60.9 Å². The van der Waals surface area contributed by atoms with Crippen LogP contribution in [0.15, 0.2) is 105 Å². The molecule has 29 heteroatoms. The molecule has 2 aliphatic heterocycles. The lowest BCUT2D eigenvalue weighted by molar-refractivity contribution is -0.433. The van der Waals surface area contributed by atoms with Crippen LogP contribution < -0.4 is 26.8 Å². The number of aliphatic hydroxyl groups is 2. The van der Waals surface area contributed by atoms with Gasteiger partial charge in [-0.15, -0.1) is 0 Å². The van der Waals surface area contributed by atoms with Crippen LogP contribution in [0.3, 0.4) is 0 Å². The lowest BCUT2D eigenvalue weighted by Crippen LogP contribution is -2.40. The van der Waals surface area contributed by atoms with Gasteiger partial charge < -0.3 is 40.3 Å². The van der Waals surface area contributed by atoms with Crippen molar-refractivity contribution in [1.29, 1.82) is 0 Å². The molecule has 2 aliphatic rings. The number of H-pyrrole nitrogens is 1. The van der Waals surface area contributed by atoms with Crippen molar-refractivity contribution in [3.8, 4) is 0 Å². The van der Waals surface area contributed by atoms with Crippen molar-refractivity contribution >= 4 is 71.3 Å². The first kappa shape index (κ1) is 66.3. The Morgan fingerprint density at radius 1 is 0.926 bits per heavy atom. The van der Waals surface area contributed by atoms with Gasteiger partial charge in [0.2, 0.25) is 17.5 Å². The summed E-state index contributed by atoms with van der Waals surface area (Å²) >= 11 is 0. The highest BCUT2D eigenvalue weighted by molar-refractivity contribution is 7.86. The second-order valence-corrected chi connectivity index (χ2v) is 25.1. The summed E-state index contributed by atoms with van der Waals surface area (Å²) in [6.07, 6.45) is 12.0. The second kappa shape index (κ2) is 29.1. The number of unbranched alkanes of at least 4 members (excludes halogenated alkanes) is 2. The van der Waals surface area contributed by atoms with Crippen molar-refractivity contribution in [3.63, 3.8) is 0 Å². The number of para-hydroxylation sites is 1. The number of carbonyl (C=O) groups is 2. The van der Waals surface area contributed by atoms with Gasteiger partial charge >= 0.3 is 21.8 Å². The van der Waals surface area contributed by atoms with Crippen molar-refractivity contribution in [2.24, 2.45) is 0 Å².